The van der Waals surface area contributed by atoms with E-state index in [4.69, 9.17) is 5.73 Å². The number of amides is 1. The molecule has 1 aromatic rings. The summed E-state index contributed by atoms with van der Waals surface area (Å²) in [5.74, 6) is 0.000946. The van der Waals surface area contributed by atoms with Crippen LogP contribution in [0.2, 0.25) is 0 Å². The molecule has 0 saturated carbocycles. The first-order valence-corrected chi connectivity index (χ1v) is 10.0. The van der Waals surface area contributed by atoms with E-state index in [1.165, 1.54) is 4.31 Å². The molecule has 8 heteroatoms. The second-order valence-electron chi connectivity index (χ2n) is 6.49. The molecule has 0 bridgehead atoms. The normalized spacial score (nSPS) is 16.4. The molecule has 2 rings (SSSR count). The third-order valence-electron chi connectivity index (χ3n) is 4.85. The Morgan fingerprint density at radius 1 is 1.32 bits per heavy atom. The van der Waals surface area contributed by atoms with E-state index in [1.807, 2.05) is 20.8 Å². The van der Waals surface area contributed by atoms with Crippen LogP contribution in [0.1, 0.15) is 49.0 Å². The number of benzene rings is 1. The lowest BCUT2D eigenvalue weighted by molar-refractivity contribution is 0.0941. The minimum absolute atomic E-state index is 0. The molecule has 1 heterocycles. The third-order valence-corrected chi connectivity index (χ3v) is 6.72. The summed E-state index contributed by atoms with van der Waals surface area (Å²) >= 11 is 0. The molecule has 3 N–H and O–H groups in total. The van der Waals surface area contributed by atoms with Gasteiger partial charge in [0.25, 0.3) is 5.91 Å². The smallest absolute Gasteiger partial charge is 0.251 e. The highest BCUT2D eigenvalue weighted by Gasteiger charge is 2.29. The van der Waals surface area contributed by atoms with Crippen LogP contribution >= 0.6 is 12.4 Å². The largest absolute Gasteiger partial charge is 0.350 e. The van der Waals surface area contributed by atoms with E-state index in [0.29, 0.717) is 30.8 Å². The second-order valence-corrected chi connectivity index (χ2v) is 8.51. The van der Waals surface area contributed by atoms with E-state index in [-0.39, 0.29) is 24.1 Å². The first-order chi connectivity index (χ1) is 11.2. The topological polar surface area (TPSA) is 92.5 Å². The van der Waals surface area contributed by atoms with Gasteiger partial charge in [-0.3, -0.25) is 9.10 Å². The Morgan fingerprint density at radius 3 is 2.44 bits per heavy atom. The molecule has 0 atom stereocenters. The molecule has 0 spiro atoms. The van der Waals surface area contributed by atoms with Crippen molar-refractivity contribution in [3.05, 3.63) is 29.3 Å². The van der Waals surface area contributed by atoms with Crippen LogP contribution in [-0.4, -0.2) is 38.7 Å². The lowest BCUT2D eigenvalue weighted by Gasteiger charge is -2.27. The van der Waals surface area contributed by atoms with Crippen LogP contribution in [-0.2, 0) is 10.0 Å². The fraction of sp³-hybridized carbons (Fsp3) is 0.588. The molecule has 1 amide bonds. The Morgan fingerprint density at radius 2 is 1.96 bits per heavy atom. The van der Waals surface area contributed by atoms with Crippen LogP contribution in [0.3, 0.4) is 0 Å². The molecule has 6 nitrogen and oxygen atoms in total. The number of hydrogen-bond donors (Lipinski definition) is 2. The predicted molar refractivity (Wildman–Crippen MR) is 104 cm³/mol. The van der Waals surface area contributed by atoms with E-state index in [0.717, 1.165) is 18.4 Å². The SMILES string of the molecule is CCC(N)(CC)CNC(=O)c1ccc(N2CCCS2(=O)=O)cc1C.Cl. The Labute approximate surface area is 156 Å². The summed E-state index contributed by atoms with van der Waals surface area (Å²) in [6.07, 6.45) is 2.21. The number of sulfonamides is 1. The van der Waals surface area contributed by atoms with Gasteiger partial charge in [-0.05, 0) is 49.9 Å². The standard InChI is InChI=1S/C17H27N3O3S.ClH/c1-4-17(18,5-2)12-19-16(21)15-8-7-14(11-13(15)3)20-9-6-10-24(20,22)23;/h7-8,11H,4-6,9-10,12,18H2,1-3H3,(H,19,21);1H. The van der Waals surface area contributed by atoms with E-state index >= 15 is 0 Å². The monoisotopic (exact) mass is 389 g/mol. The summed E-state index contributed by atoms with van der Waals surface area (Å²) < 4.78 is 25.4. The molecule has 1 aliphatic heterocycles. The molecular weight excluding hydrogens is 362 g/mol. The molecule has 1 aromatic carbocycles. The number of nitrogens with one attached hydrogen (secondary N) is 1. The zero-order chi connectivity index (χ0) is 18.0. The van der Waals surface area contributed by atoms with Crippen molar-refractivity contribution < 1.29 is 13.2 Å². The van der Waals surface area contributed by atoms with Crippen LogP contribution in [0.4, 0.5) is 5.69 Å². The highest BCUT2D eigenvalue weighted by atomic mass is 35.5. The summed E-state index contributed by atoms with van der Waals surface area (Å²) in [4.78, 5) is 12.4. The van der Waals surface area contributed by atoms with Gasteiger partial charge in [-0.25, -0.2) is 8.42 Å². The minimum Gasteiger partial charge on any atom is -0.350 e. The van der Waals surface area contributed by atoms with Gasteiger partial charge in [0.1, 0.15) is 0 Å². The quantitative estimate of drug-likeness (QED) is 0.780. The van der Waals surface area contributed by atoms with Gasteiger partial charge in [0.15, 0.2) is 0 Å². The predicted octanol–water partition coefficient (Wildman–Crippen LogP) is 2.20. The van der Waals surface area contributed by atoms with Gasteiger partial charge >= 0.3 is 0 Å². The lowest BCUT2D eigenvalue weighted by Crippen LogP contribution is -2.49. The number of nitrogens with zero attached hydrogens (tertiary/aromatic N) is 1. The van der Waals surface area contributed by atoms with Gasteiger partial charge in [0.05, 0.1) is 11.4 Å². The molecule has 0 radical (unpaired) electrons. The summed E-state index contributed by atoms with van der Waals surface area (Å²) in [5, 5.41) is 2.89. The van der Waals surface area contributed by atoms with Gasteiger partial charge in [-0.1, -0.05) is 13.8 Å². The third kappa shape index (κ3) is 4.86. The maximum absolute atomic E-state index is 12.4. The van der Waals surface area contributed by atoms with Crippen molar-refractivity contribution in [1.82, 2.24) is 5.32 Å². The average molecular weight is 390 g/mol. The number of halogens is 1. The molecule has 1 saturated heterocycles. The van der Waals surface area contributed by atoms with Crippen molar-refractivity contribution in [3.63, 3.8) is 0 Å². The van der Waals surface area contributed by atoms with Gasteiger partial charge in [0, 0.05) is 24.2 Å². The maximum Gasteiger partial charge on any atom is 0.251 e. The average Bonchev–Trinajstić information content (AvgIpc) is 2.91. The van der Waals surface area contributed by atoms with Crippen LogP contribution in [0.5, 0.6) is 0 Å². The Bertz CT molecular complexity index is 718. The maximum atomic E-state index is 12.4. The number of rotatable bonds is 6. The van der Waals surface area contributed by atoms with Crippen LogP contribution in [0.25, 0.3) is 0 Å². The van der Waals surface area contributed by atoms with Gasteiger partial charge in [-0.2, -0.15) is 0 Å². The van der Waals surface area contributed by atoms with Gasteiger partial charge in [0.2, 0.25) is 10.0 Å². The Kier molecular flexibility index (Phi) is 7.28. The van der Waals surface area contributed by atoms with E-state index in [1.54, 1.807) is 18.2 Å². The Balaban J connectivity index is 0.00000312. The zero-order valence-corrected chi connectivity index (χ0v) is 16.7. The zero-order valence-electron chi connectivity index (χ0n) is 15.0. The first-order valence-electron chi connectivity index (χ1n) is 8.40. The molecule has 0 unspecified atom stereocenters. The number of hydrogen-bond acceptors (Lipinski definition) is 4. The number of anilines is 1. The molecule has 0 aromatic heterocycles. The fourth-order valence-electron chi connectivity index (χ4n) is 2.84. The lowest BCUT2D eigenvalue weighted by atomic mass is 9.94. The van der Waals surface area contributed by atoms with Crippen molar-refractivity contribution in [2.45, 2.75) is 45.6 Å². The molecule has 25 heavy (non-hydrogen) atoms. The van der Waals surface area contributed by atoms with Crippen LogP contribution < -0.4 is 15.4 Å². The van der Waals surface area contributed by atoms with Crippen molar-refractivity contribution >= 4 is 34.0 Å². The minimum atomic E-state index is -3.21. The van der Waals surface area contributed by atoms with Gasteiger partial charge in [-0.15, -0.1) is 12.4 Å². The fourth-order valence-corrected chi connectivity index (χ4v) is 4.40. The second kappa shape index (κ2) is 8.38. The summed E-state index contributed by atoms with van der Waals surface area (Å²) in [5.41, 5.74) is 7.73. The molecule has 0 aliphatic carbocycles. The van der Waals surface area contributed by atoms with E-state index in [2.05, 4.69) is 5.32 Å². The molecule has 142 valence electrons. The summed E-state index contributed by atoms with van der Waals surface area (Å²) in [6, 6.07) is 5.14. The number of nitrogens with two attached hydrogens (primary N) is 1. The molecule has 1 aliphatic rings. The summed E-state index contributed by atoms with van der Waals surface area (Å²) in [7, 11) is -3.21. The first kappa shape index (κ1) is 21.7. The number of carbonyl (C=O) groups excluding carboxylic acids is 1. The Hall–Kier alpha value is -1.31. The number of carbonyl (C=O) groups is 1. The van der Waals surface area contributed by atoms with Crippen LogP contribution in [0.15, 0.2) is 18.2 Å². The molecular formula is C17H28ClN3O3S. The van der Waals surface area contributed by atoms with Crippen molar-refractivity contribution in [3.8, 4) is 0 Å². The number of aryl methyl sites for hydroxylation is 1. The van der Waals surface area contributed by atoms with Crippen LogP contribution in [0, 0.1) is 6.92 Å². The highest BCUT2D eigenvalue weighted by molar-refractivity contribution is 7.93. The van der Waals surface area contributed by atoms with Crippen molar-refractivity contribution in [2.24, 2.45) is 5.73 Å². The molecule has 1 fully saturated rings. The van der Waals surface area contributed by atoms with Gasteiger partial charge < -0.3 is 11.1 Å². The summed E-state index contributed by atoms with van der Waals surface area (Å²) in [6.45, 7) is 6.74. The van der Waals surface area contributed by atoms with Crippen molar-refractivity contribution in [2.75, 3.05) is 23.1 Å². The highest BCUT2D eigenvalue weighted by Crippen LogP contribution is 2.26. The van der Waals surface area contributed by atoms with E-state index in [9.17, 15) is 13.2 Å². The van der Waals surface area contributed by atoms with Crippen molar-refractivity contribution in [1.29, 1.82) is 0 Å². The van der Waals surface area contributed by atoms with E-state index < -0.39 is 15.6 Å².